The highest BCUT2D eigenvalue weighted by atomic mass is 16.6. The molecule has 1 N–H and O–H groups in total. The fourth-order valence-electron chi connectivity index (χ4n) is 5.28. The highest BCUT2D eigenvalue weighted by molar-refractivity contribution is 5.75. The van der Waals surface area contributed by atoms with Crippen molar-refractivity contribution >= 4 is 11.7 Å². The summed E-state index contributed by atoms with van der Waals surface area (Å²) in [5, 5.41) is 3.12. The maximum atomic E-state index is 12.7. The van der Waals surface area contributed by atoms with Crippen LogP contribution in [0.4, 0.5) is 5.69 Å². The molecule has 1 aliphatic carbocycles. The van der Waals surface area contributed by atoms with Gasteiger partial charge in [0.15, 0.2) is 0 Å². The normalized spacial score (nSPS) is 33.6. The number of esters is 1. The van der Waals surface area contributed by atoms with Crippen molar-refractivity contribution in [1.29, 1.82) is 0 Å². The standard InChI is InChI=1S/C27H37NO6/c1-6-15-31-20-10-8-19(9-11-20)28-16-23(29)33-21-13-14-27(17-32-27)25(24(21)30-5)26(4)22(34-26)12-7-18(2)3/h6-11,21-22,24-25,28H,1,12-17H2,2-5H3. The van der Waals surface area contributed by atoms with Gasteiger partial charge in [-0.05, 0) is 64.3 Å². The van der Waals surface area contributed by atoms with Crippen LogP contribution in [0, 0.1) is 5.92 Å². The van der Waals surface area contributed by atoms with Crippen molar-refractivity contribution in [2.45, 2.75) is 69.5 Å². The molecule has 7 heteroatoms. The molecule has 186 valence electrons. The Bertz CT molecular complexity index is 904. The van der Waals surface area contributed by atoms with Crippen LogP contribution in [0.5, 0.6) is 5.75 Å². The molecule has 1 aromatic rings. The van der Waals surface area contributed by atoms with Gasteiger partial charge in [0.2, 0.25) is 0 Å². The molecule has 7 nitrogen and oxygen atoms in total. The summed E-state index contributed by atoms with van der Waals surface area (Å²) in [5.41, 5.74) is 1.52. The summed E-state index contributed by atoms with van der Waals surface area (Å²) in [6, 6.07) is 7.43. The van der Waals surface area contributed by atoms with E-state index in [2.05, 4.69) is 38.7 Å². The first kappa shape index (κ1) is 24.8. The molecule has 3 fully saturated rings. The number of allylic oxidation sites excluding steroid dienone is 1. The molecule has 6 atom stereocenters. The van der Waals surface area contributed by atoms with Gasteiger partial charge in [-0.3, -0.25) is 4.79 Å². The number of hydrogen-bond acceptors (Lipinski definition) is 7. The molecule has 0 radical (unpaired) electrons. The smallest absolute Gasteiger partial charge is 0.325 e. The Morgan fingerprint density at radius 2 is 2.03 bits per heavy atom. The van der Waals surface area contributed by atoms with E-state index in [1.165, 1.54) is 5.57 Å². The number of nitrogens with one attached hydrogen (secondary N) is 1. The van der Waals surface area contributed by atoms with Gasteiger partial charge < -0.3 is 29.0 Å². The number of carbonyl (C=O) groups excluding carboxylic acids is 1. The van der Waals surface area contributed by atoms with Gasteiger partial charge >= 0.3 is 5.97 Å². The van der Waals surface area contributed by atoms with E-state index in [4.69, 9.17) is 23.7 Å². The van der Waals surface area contributed by atoms with Gasteiger partial charge in [0.1, 0.15) is 42.3 Å². The molecular formula is C27H37NO6. The van der Waals surface area contributed by atoms with Crippen LogP contribution in [-0.2, 0) is 23.7 Å². The van der Waals surface area contributed by atoms with Gasteiger partial charge in [0.25, 0.3) is 0 Å². The van der Waals surface area contributed by atoms with E-state index >= 15 is 0 Å². The van der Waals surface area contributed by atoms with E-state index < -0.39 is 0 Å². The quantitative estimate of drug-likeness (QED) is 0.293. The second-order valence-corrected chi connectivity index (χ2v) is 9.88. The molecule has 2 saturated heterocycles. The van der Waals surface area contributed by atoms with Gasteiger partial charge in [0.05, 0.1) is 18.6 Å². The van der Waals surface area contributed by atoms with Crippen LogP contribution in [0.3, 0.4) is 0 Å². The maximum absolute atomic E-state index is 12.7. The lowest BCUT2D eigenvalue weighted by Crippen LogP contribution is -2.55. The lowest BCUT2D eigenvalue weighted by molar-refractivity contribution is -0.170. The van der Waals surface area contributed by atoms with Gasteiger partial charge in [-0.1, -0.05) is 24.3 Å². The van der Waals surface area contributed by atoms with Gasteiger partial charge in [-0.15, -0.1) is 0 Å². The summed E-state index contributed by atoms with van der Waals surface area (Å²) in [5.74, 6) is 0.454. The first-order valence-electron chi connectivity index (χ1n) is 12.1. The Hall–Kier alpha value is -2.35. The Labute approximate surface area is 202 Å². The summed E-state index contributed by atoms with van der Waals surface area (Å²) in [6.45, 7) is 11.2. The summed E-state index contributed by atoms with van der Waals surface area (Å²) >= 11 is 0. The summed E-state index contributed by atoms with van der Waals surface area (Å²) in [6.07, 6.45) is 5.84. The monoisotopic (exact) mass is 471 g/mol. The van der Waals surface area contributed by atoms with Crippen LogP contribution in [0.25, 0.3) is 0 Å². The highest BCUT2D eigenvalue weighted by Crippen LogP contribution is 2.59. The largest absolute Gasteiger partial charge is 0.490 e. The van der Waals surface area contributed by atoms with Crippen LogP contribution < -0.4 is 10.1 Å². The first-order valence-corrected chi connectivity index (χ1v) is 12.1. The number of hydrogen-bond donors (Lipinski definition) is 1. The predicted octanol–water partition coefficient (Wildman–Crippen LogP) is 4.28. The fourth-order valence-corrected chi connectivity index (χ4v) is 5.28. The first-order chi connectivity index (χ1) is 16.3. The van der Waals surface area contributed by atoms with E-state index in [1.54, 1.807) is 13.2 Å². The SMILES string of the molecule is C=CCOc1ccc(NCC(=O)OC2CCC3(CO3)C(C3(C)OC3CC=C(C)C)C2OC)cc1. The summed E-state index contributed by atoms with van der Waals surface area (Å²) < 4.78 is 29.5. The molecule has 0 aromatic heterocycles. The third kappa shape index (κ3) is 5.32. The van der Waals surface area contributed by atoms with Crippen LogP contribution in [0.2, 0.25) is 0 Å². The minimum absolute atomic E-state index is 0.0168. The van der Waals surface area contributed by atoms with Crippen molar-refractivity contribution in [1.82, 2.24) is 0 Å². The van der Waals surface area contributed by atoms with Crippen LogP contribution in [0.15, 0.2) is 48.6 Å². The number of anilines is 1. The summed E-state index contributed by atoms with van der Waals surface area (Å²) in [4.78, 5) is 12.7. The van der Waals surface area contributed by atoms with Gasteiger partial charge in [0, 0.05) is 12.8 Å². The van der Waals surface area contributed by atoms with Crippen molar-refractivity contribution in [3.63, 3.8) is 0 Å². The van der Waals surface area contributed by atoms with Crippen molar-refractivity contribution in [2.24, 2.45) is 5.92 Å². The van der Waals surface area contributed by atoms with E-state index in [-0.39, 0.29) is 47.9 Å². The molecule has 34 heavy (non-hydrogen) atoms. The second-order valence-electron chi connectivity index (χ2n) is 9.88. The average molecular weight is 472 g/mol. The number of epoxide rings is 2. The number of ether oxygens (including phenoxy) is 5. The Balaban J connectivity index is 1.35. The van der Waals surface area contributed by atoms with E-state index in [1.807, 2.05) is 24.3 Å². The Morgan fingerprint density at radius 1 is 1.29 bits per heavy atom. The molecule has 1 aromatic carbocycles. The molecular weight excluding hydrogens is 434 g/mol. The third-order valence-corrected chi connectivity index (χ3v) is 7.18. The predicted molar refractivity (Wildman–Crippen MR) is 130 cm³/mol. The third-order valence-electron chi connectivity index (χ3n) is 7.18. The molecule has 6 unspecified atom stereocenters. The fraction of sp³-hybridized carbons (Fsp3) is 0.593. The maximum Gasteiger partial charge on any atom is 0.325 e. The Kier molecular flexibility index (Phi) is 7.36. The molecule has 4 rings (SSSR count). The molecule has 2 heterocycles. The number of rotatable bonds is 11. The zero-order valence-electron chi connectivity index (χ0n) is 20.7. The van der Waals surface area contributed by atoms with Crippen molar-refractivity contribution in [2.75, 3.05) is 32.2 Å². The van der Waals surface area contributed by atoms with Crippen molar-refractivity contribution in [3.8, 4) is 5.75 Å². The Morgan fingerprint density at radius 3 is 2.65 bits per heavy atom. The van der Waals surface area contributed by atoms with Crippen LogP contribution >= 0.6 is 0 Å². The zero-order chi connectivity index (χ0) is 24.3. The summed E-state index contributed by atoms with van der Waals surface area (Å²) in [7, 11) is 1.69. The second kappa shape index (κ2) is 10.1. The molecule has 1 saturated carbocycles. The lowest BCUT2D eigenvalue weighted by Gasteiger charge is -2.42. The number of methoxy groups -OCH3 is 1. The molecule has 0 bridgehead atoms. The number of carbonyl (C=O) groups is 1. The lowest BCUT2D eigenvalue weighted by atomic mass is 9.68. The molecule has 3 aliphatic rings. The van der Waals surface area contributed by atoms with Gasteiger partial charge in [-0.2, -0.15) is 0 Å². The highest BCUT2D eigenvalue weighted by Gasteiger charge is 2.72. The van der Waals surface area contributed by atoms with E-state index in [0.29, 0.717) is 19.6 Å². The topological polar surface area (TPSA) is 81.9 Å². The average Bonchev–Trinajstić information content (AvgIpc) is 3.74. The van der Waals surface area contributed by atoms with Crippen molar-refractivity contribution < 1.29 is 28.5 Å². The van der Waals surface area contributed by atoms with Crippen molar-refractivity contribution in [3.05, 3.63) is 48.6 Å². The molecule has 1 spiro atoms. The molecule has 0 amide bonds. The van der Waals surface area contributed by atoms with Crippen LogP contribution in [0.1, 0.15) is 40.0 Å². The van der Waals surface area contributed by atoms with Crippen LogP contribution in [-0.4, -0.2) is 62.4 Å². The minimum Gasteiger partial charge on any atom is -0.490 e. The zero-order valence-corrected chi connectivity index (χ0v) is 20.7. The van der Waals surface area contributed by atoms with E-state index in [9.17, 15) is 4.79 Å². The number of benzene rings is 1. The van der Waals surface area contributed by atoms with E-state index in [0.717, 1.165) is 24.3 Å². The molecule has 2 aliphatic heterocycles. The van der Waals surface area contributed by atoms with Gasteiger partial charge in [-0.25, -0.2) is 0 Å². The minimum atomic E-state index is -0.345.